The number of benzene rings is 9. The molecule has 13 rings (SSSR count). The minimum absolute atomic E-state index is 0.182. The number of para-hydroxylation sites is 2. The first-order valence-corrected chi connectivity index (χ1v) is 20.3. The van der Waals surface area contributed by atoms with E-state index in [4.69, 9.17) is 34.1 Å². The molecule has 3 aromatic heterocycles. The second-order valence-electron chi connectivity index (χ2n) is 15.8. The van der Waals surface area contributed by atoms with Gasteiger partial charge >= 0.3 is 0 Å². The topological polar surface area (TPSA) is 48.5 Å². The van der Waals surface area contributed by atoms with Gasteiger partial charge in [0.15, 0.2) is 5.82 Å². The normalized spacial score (nSPS) is 18.1. The summed E-state index contributed by atoms with van der Waals surface area (Å²) >= 11 is 0. The Bertz CT molecular complexity index is 5020. The molecule has 0 bridgehead atoms. The van der Waals surface area contributed by atoms with Crippen molar-refractivity contribution >= 4 is 43.6 Å². The molecular formula is C60H41N5. The Kier molecular flexibility index (Phi) is 4.49. The van der Waals surface area contributed by atoms with Gasteiger partial charge in [0, 0.05) is 32.5 Å². The van der Waals surface area contributed by atoms with Crippen LogP contribution >= 0.6 is 0 Å². The number of aromatic nitrogens is 5. The van der Waals surface area contributed by atoms with Crippen LogP contribution in [0.4, 0.5) is 0 Å². The van der Waals surface area contributed by atoms with E-state index in [2.05, 4.69) is 19.9 Å². The maximum atomic E-state index is 10.2. The van der Waals surface area contributed by atoms with Gasteiger partial charge in [-0.2, -0.15) is 15.0 Å². The predicted molar refractivity (Wildman–Crippen MR) is 268 cm³/mol. The summed E-state index contributed by atoms with van der Waals surface area (Å²) in [6, 6.07) is 0.614. The van der Waals surface area contributed by atoms with Gasteiger partial charge in [-0.25, -0.2) is 0 Å². The zero-order valence-corrected chi connectivity index (χ0v) is 34.1. The number of nitrogens with zero attached hydrogens (tertiary/aromatic N) is 5. The van der Waals surface area contributed by atoms with Crippen molar-refractivity contribution < 1.29 is 32.9 Å². The molecule has 1 aliphatic rings. The van der Waals surface area contributed by atoms with Crippen molar-refractivity contribution in [2.75, 3.05) is 0 Å². The first-order valence-electron chi connectivity index (χ1n) is 32.3. The molecule has 0 amide bonds. The third-order valence-corrected chi connectivity index (χ3v) is 11.9. The second-order valence-corrected chi connectivity index (χ2v) is 15.8. The van der Waals surface area contributed by atoms with Crippen LogP contribution in [0.25, 0.3) is 111 Å². The summed E-state index contributed by atoms with van der Waals surface area (Å²) in [4.78, 5) is 14.8. The molecule has 9 aromatic carbocycles. The van der Waals surface area contributed by atoms with Crippen molar-refractivity contribution in [3.8, 4) is 67.8 Å². The fourth-order valence-electron chi connectivity index (χ4n) is 8.93. The van der Waals surface area contributed by atoms with E-state index in [1.807, 2.05) is 42.5 Å². The van der Waals surface area contributed by atoms with Crippen molar-refractivity contribution in [3.05, 3.63) is 223 Å². The Morgan fingerprint density at radius 2 is 0.892 bits per heavy atom. The van der Waals surface area contributed by atoms with Gasteiger partial charge in [-0.05, 0) is 85.9 Å². The highest BCUT2D eigenvalue weighted by atomic mass is 15.3. The Balaban J connectivity index is 1.26. The summed E-state index contributed by atoms with van der Waals surface area (Å²) in [5.41, 5.74) is 0.158. The first kappa shape index (κ1) is 20.4. The third kappa shape index (κ3) is 5.75. The lowest BCUT2D eigenvalue weighted by Gasteiger charge is -2.21. The van der Waals surface area contributed by atoms with Gasteiger partial charge in [-0.1, -0.05) is 195 Å². The Morgan fingerprint density at radius 1 is 0.400 bits per heavy atom. The summed E-state index contributed by atoms with van der Waals surface area (Å²) in [5, 5.41) is -1.81. The fourth-order valence-corrected chi connectivity index (χ4v) is 8.93. The van der Waals surface area contributed by atoms with Crippen LogP contribution in [-0.2, 0) is 5.41 Å². The maximum Gasteiger partial charge on any atom is 0.240 e. The zero-order valence-electron chi connectivity index (χ0n) is 58.1. The van der Waals surface area contributed by atoms with Gasteiger partial charge in [0.05, 0.1) is 55.0 Å². The molecule has 0 atom stereocenters. The van der Waals surface area contributed by atoms with E-state index in [0.717, 1.165) is 37.0 Å². The van der Waals surface area contributed by atoms with Gasteiger partial charge in [-0.15, -0.1) is 0 Å². The van der Waals surface area contributed by atoms with Crippen LogP contribution in [0, 0.1) is 0 Å². The quantitative estimate of drug-likeness (QED) is 0.167. The van der Waals surface area contributed by atoms with Crippen molar-refractivity contribution in [2.24, 2.45) is 0 Å². The largest absolute Gasteiger partial charge is 0.278 e. The monoisotopic (exact) mass is 855 g/mol. The third-order valence-electron chi connectivity index (χ3n) is 11.9. The van der Waals surface area contributed by atoms with Gasteiger partial charge < -0.3 is 0 Å². The van der Waals surface area contributed by atoms with Crippen LogP contribution in [0.1, 0.15) is 57.9 Å². The highest BCUT2D eigenvalue weighted by Crippen LogP contribution is 2.52. The van der Waals surface area contributed by atoms with Crippen molar-refractivity contribution in [1.82, 2.24) is 24.1 Å². The van der Waals surface area contributed by atoms with Crippen LogP contribution in [0.2, 0.25) is 0 Å². The van der Waals surface area contributed by atoms with Crippen LogP contribution in [0.5, 0.6) is 0 Å². The molecule has 0 aliphatic heterocycles. The fraction of sp³-hybridized carbons (Fsp3) is 0.0500. The molecule has 0 spiro atoms. The minimum Gasteiger partial charge on any atom is -0.278 e. The lowest BCUT2D eigenvalue weighted by molar-refractivity contribution is 0.660. The molecule has 12 aromatic rings. The van der Waals surface area contributed by atoms with Crippen molar-refractivity contribution in [1.29, 1.82) is 0 Å². The molecule has 1 aliphatic carbocycles. The first-order chi connectivity index (χ1) is 42.0. The zero-order chi connectivity index (χ0) is 64.1. The highest BCUT2D eigenvalue weighted by Gasteiger charge is 2.36. The number of rotatable bonds is 6. The lowest BCUT2D eigenvalue weighted by atomic mass is 9.82. The molecule has 0 saturated carbocycles. The highest BCUT2D eigenvalue weighted by molar-refractivity contribution is 6.11. The van der Waals surface area contributed by atoms with E-state index in [1.165, 1.54) is 0 Å². The van der Waals surface area contributed by atoms with E-state index in [9.17, 15) is 13.7 Å². The van der Waals surface area contributed by atoms with Gasteiger partial charge in [0.2, 0.25) is 11.9 Å². The summed E-state index contributed by atoms with van der Waals surface area (Å²) in [7, 11) is 0. The Morgan fingerprint density at radius 3 is 1.52 bits per heavy atom. The van der Waals surface area contributed by atoms with Crippen LogP contribution in [-0.4, -0.2) is 24.1 Å². The van der Waals surface area contributed by atoms with Crippen LogP contribution in [0.15, 0.2) is 212 Å². The average Bonchev–Trinajstić information content (AvgIpc) is 1.55. The average molecular weight is 856 g/mol. The molecule has 65 heavy (non-hydrogen) atoms. The molecule has 0 radical (unpaired) electrons. The van der Waals surface area contributed by atoms with Crippen LogP contribution < -0.4 is 0 Å². The van der Waals surface area contributed by atoms with E-state index in [1.54, 1.807) is 18.2 Å². The Labute approximate surface area is 410 Å². The van der Waals surface area contributed by atoms with Gasteiger partial charge in [0.1, 0.15) is 0 Å². The molecule has 3 heterocycles. The number of fused-ring (bicyclic) bond motifs is 9. The molecule has 0 N–H and O–H groups in total. The predicted octanol–water partition coefficient (Wildman–Crippen LogP) is 15.0. The SMILES string of the molecule is [2H]c1c([2H])c([2H])c(-c2c([2H])c([2H])c3c4c([2H])c([2H])c(-c5c([2H])c([2H])c([2H])c([2H])c5[2H])c([2H])c4n(-c4nc(-c5cccc(-c6cccc7c6-c6ccccc6C7(C)C)c5)nc(-n5c6c([2H])c([2H])c([2H])c([2H])c6c6c([2H])c([2H])c([2H])c([2H])c65)n4)c3c2[2H])c([2H])c1[2H]. The molecular weight excluding hydrogens is 791 g/mol. The van der Waals surface area contributed by atoms with Gasteiger partial charge in [-0.3, -0.25) is 9.13 Å². The van der Waals surface area contributed by atoms with E-state index >= 15 is 0 Å². The molecule has 0 saturated heterocycles. The standard InChI is InChI=1S/C60H41N5/c1-60(2)50-27-12-9-25-49(50)56-44(26-16-28-51(56)60)42-21-15-22-43(35-42)57-61-58(64-52-29-13-10-23-45(52)46-24-11-14-30-53(46)64)63-59(62-57)65-54-36-40(38-17-5-3-6-18-38)31-33-47(54)48-34-32-41(37-55(48)65)39-19-7-4-8-20-39/h3-37H,1-2H3/i3D,4D,5D,6D,7D,8D,10D,11D,13D,14D,17D,18D,19D,20D,23D,24D,29D,30D,31D,32D,33D,34D,36D,37D. The number of hydrogen-bond acceptors (Lipinski definition) is 3. The van der Waals surface area contributed by atoms with Crippen LogP contribution in [0.3, 0.4) is 0 Å². The van der Waals surface area contributed by atoms with E-state index < -0.39 is 217 Å². The lowest BCUT2D eigenvalue weighted by Crippen LogP contribution is -2.14. The maximum absolute atomic E-state index is 10.2. The molecule has 0 fully saturated rings. The Hall–Kier alpha value is -8.41. The molecule has 306 valence electrons. The minimum atomic E-state index is -0.909. The summed E-state index contributed by atoms with van der Waals surface area (Å²) in [6.07, 6.45) is 0. The second kappa shape index (κ2) is 14.3. The molecule has 0 unspecified atom stereocenters. The van der Waals surface area contributed by atoms with E-state index in [-0.39, 0.29) is 22.2 Å². The van der Waals surface area contributed by atoms with E-state index in [0.29, 0.717) is 5.56 Å². The molecule has 5 nitrogen and oxygen atoms in total. The molecule has 5 heteroatoms. The van der Waals surface area contributed by atoms with Gasteiger partial charge in [0.25, 0.3) is 0 Å². The summed E-state index contributed by atoms with van der Waals surface area (Å²) in [6.45, 7) is 4.23. The van der Waals surface area contributed by atoms with Crippen molar-refractivity contribution in [3.63, 3.8) is 0 Å². The van der Waals surface area contributed by atoms with Crippen molar-refractivity contribution in [2.45, 2.75) is 19.3 Å². The summed E-state index contributed by atoms with van der Waals surface area (Å²) < 4.78 is 221. The summed E-state index contributed by atoms with van der Waals surface area (Å²) in [5.74, 6) is -1.66. The number of hydrogen-bond donors (Lipinski definition) is 0. The smallest absolute Gasteiger partial charge is 0.240 e.